The summed E-state index contributed by atoms with van der Waals surface area (Å²) in [6, 6.07) is 30.9. The van der Waals surface area contributed by atoms with Gasteiger partial charge in [0.2, 0.25) is 0 Å². The second kappa shape index (κ2) is 10.6. The van der Waals surface area contributed by atoms with Crippen LogP contribution in [0.4, 0.5) is 0 Å². The van der Waals surface area contributed by atoms with Gasteiger partial charge in [0, 0.05) is 9.52 Å². The van der Waals surface area contributed by atoms with Gasteiger partial charge in [0.25, 0.3) is 0 Å². The Morgan fingerprint density at radius 3 is 2.33 bits per heavy atom. The van der Waals surface area contributed by atoms with Crippen LogP contribution < -0.4 is 0 Å². The zero-order chi connectivity index (χ0) is 18.4. The minimum atomic E-state index is 0. The molecule has 0 N–H and O–H groups in total. The molecule has 0 saturated heterocycles. The van der Waals surface area contributed by atoms with Crippen LogP contribution in [0.5, 0.6) is 0 Å². The Kier molecular flexibility index (Phi) is 8.54. The van der Waals surface area contributed by atoms with Crippen LogP contribution in [0.25, 0.3) is 21.9 Å². The summed E-state index contributed by atoms with van der Waals surface area (Å²) in [7, 11) is 1.08. The van der Waals surface area contributed by atoms with Gasteiger partial charge >= 0.3 is 26.2 Å². The van der Waals surface area contributed by atoms with E-state index < -0.39 is 0 Å². The molecule has 2 heteroatoms. The molecule has 1 aliphatic carbocycles. The summed E-state index contributed by atoms with van der Waals surface area (Å²) in [5.41, 5.74) is 6.86. The standard InChI is InChI=1S/C13H9.C10H9.C2H6Si.Zr/c1-3-7-12-10(5-1)9-11-6-2-4-8-13(11)12;1-8-6-9-4-2-3-5-10(9)7-8;1-3-2;/h1-5,7-8H,9H2;2-7H,1H3;1-2H3;/q2*-1;;+2. The van der Waals surface area contributed by atoms with Crippen molar-refractivity contribution in [1.29, 1.82) is 0 Å². The summed E-state index contributed by atoms with van der Waals surface area (Å²) < 4.78 is 0. The van der Waals surface area contributed by atoms with Gasteiger partial charge in [-0.2, -0.15) is 35.9 Å². The van der Waals surface area contributed by atoms with Gasteiger partial charge in [0.05, 0.1) is 0 Å². The van der Waals surface area contributed by atoms with Gasteiger partial charge in [-0.05, 0) is 6.42 Å². The van der Waals surface area contributed by atoms with Crippen LogP contribution in [0.2, 0.25) is 13.1 Å². The van der Waals surface area contributed by atoms with Gasteiger partial charge < -0.3 is 0 Å². The average molecular weight is 444 g/mol. The van der Waals surface area contributed by atoms with Crippen molar-refractivity contribution in [2.75, 3.05) is 0 Å². The predicted molar refractivity (Wildman–Crippen MR) is 115 cm³/mol. The normalized spacial score (nSPS) is 10.5. The number of aryl methyl sites for hydroxylation is 1. The van der Waals surface area contributed by atoms with Crippen LogP contribution in [-0.4, -0.2) is 9.52 Å². The molecular formula is C25H24SiZr. The molecule has 132 valence electrons. The van der Waals surface area contributed by atoms with Gasteiger partial charge in [-0.3, -0.25) is 0 Å². The monoisotopic (exact) mass is 442 g/mol. The second-order valence-corrected chi connectivity index (χ2v) is 7.56. The van der Waals surface area contributed by atoms with Crippen molar-refractivity contribution in [3.8, 4) is 11.1 Å². The first-order valence-electron chi connectivity index (χ1n) is 9.01. The molecule has 0 heterocycles. The summed E-state index contributed by atoms with van der Waals surface area (Å²) in [5.74, 6) is 0. The van der Waals surface area contributed by atoms with E-state index in [2.05, 4.69) is 98.9 Å². The predicted octanol–water partition coefficient (Wildman–Crippen LogP) is 6.71. The fraction of sp³-hybridized carbons (Fsp3) is 0.160. The van der Waals surface area contributed by atoms with Gasteiger partial charge in [-0.1, -0.05) is 61.5 Å². The van der Waals surface area contributed by atoms with Crippen LogP contribution in [0.1, 0.15) is 16.7 Å². The molecule has 4 aromatic carbocycles. The number of fused-ring (bicyclic) bond motifs is 4. The minimum Gasteiger partial charge on any atom is -0.179 e. The molecule has 0 nitrogen and oxygen atoms in total. The first-order chi connectivity index (χ1) is 12.7. The van der Waals surface area contributed by atoms with Crippen molar-refractivity contribution in [1.82, 2.24) is 0 Å². The fourth-order valence-electron chi connectivity index (χ4n) is 3.30. The van der Waals surface area contributed by atoms with Crippen molar-refractivity contribution < 1.29 is 26.2 Å². The maximum atomic E-state index is 3.30. The van der Waals surface area contributed by atoms with E-state index in [0.29, 0.717) is 0 Å². The van der Waals surface area contributed by atoms with E-state index in [1.807, 2.05) is 6.07 Å². The topological polar surface area (TPSA) is 0 Å². The van der Waals surface area contributed by atoms with E-state index in [-0.39, 0.29) is 26.2 Å². The Morgan fingerprint density at radius 2 is 1.56 bits per heavy atom. The van der Waals surface area contributed by atoms with Crippen molar-refractivity contribution in [2.24, 2.45) is 0 Å². The van der Waals surface area contributed by atoms with Gasteiger partial charge in [0.15, 0.2) is 0 Å². The summed E-state index contributed by atoms with van der Waals surface area (Å²) in [6.07, 6.45) is 1.05. The molecule has 1 aliphatic rings. The van der Waals surface area contributed by atoms with E-state index in [0.717, 1.165) is 15.9 Å². The number of rotatable bonds is 0. The Bertz CT molecular complexity index is 908. The molecule has 0 atom stereocenters. The molecule has 0 spiro atoms. The van der Waals surface area contributed by atoms with Crippen LogP contribution in [-0.2, 0) is 32.6 Å². The molecule has 2 radical (unpaired) electrons. The zero-order valence-electron chi connectivity index (χ0n) is 16.2. The SMILES string of the molecule is C[Si]C.Cc1cc2ccccc2[cH-]1.[Zr+2].[c-]1cccc2c1Cc1ccccc1-2. The molecule has 0 fully saturated rings. The first-order valence-corrected chi connectivity index (χ1v) is 11.0. The Morgan fingerprint density at radius 1 is 0.889 bits per heavy atom. The largest absolute Gasteiger partial charge is 2.00 e. The third kappa shape index (κ3) is 5.43. The van der Waals surface area contributed by atoms with Crippen molar-refractivity contribution in [3.63, 3.8) is 0 Å². The zero-order valence-corrected chi connectivity index (χ0v) is 19.7. The van der Waals surface area contributed by atoms with Crippen LogP contribution in [0.3, 0.4) is 0 Å². The molecule has 27 heavy (non-hydrogen) atoms. The quantitative estimate of drug-likeness (QED) is 0.184. The van der Waals surface area contributed by atoms with Crippen LogP contribution in [0, 0.1) is 13.0 Å². The maximum absolute atomic E-state index is 3.30. The molecule has 4 aromatic rings. The molecule has 0 saturated carbocycles. The summed E-state index contributed by atoms with van der Waals surface area (Å²) in [5, 5.41) is 2.69. The van der Waals surface area contributed by atoms with E-state index in [9.17, 15) is 0 Å². The Labute approximate surface area is 185 Å². The number of benzene rings is 3. The van der Waals surface area contributed by atoms with E-state index in [4.69, 9.17) is 0 Å². The Balaban J connectivity index is 0.000000168. The smallest absolute Gasteiger partial charge is 0.179 e. The molecule has 0 amide bonds. The van der Waals surface area contributed by atoms with E-state index in [1.54, 1.807) is 0 Å². The number of hydrogen-bond donors (Lipinski definition) is 0. The van der Waals surface area contributed by atoms with Gasteiger partial charge in [-0.25, -0.2) is 0 Å². The van der Waals surface area contributed by atoms with Crippen LogP contribution >= 0.6 is 0 Å². The molecule has 0 aromatic heterocycles. The van der Waals surface area contributed by atoms with Crippen molar-refractivity contribution >= 4 is 20.3 Å². The van der Waals surface area contributed by atoms with Gasteiger partial charge in [-0.15, -0.1) is 46.2 Å². The van der Waals surface area contributed by atoms with Crippen LogP contribution in [0.15, 0.2) is 78.9 Å². The van der Waals surface area contributed by atoms with E-state index >= 15 is 0 Å². The molecule has 0 aliphatic heterocycles. The molecule has 5 rings (SSSR count). The molecule has 0 bridgehead atoms. The second-order valence-electron chi connectivity index (χ2n) is 6.56. The summed E-state index contributed by atoms with van der Waals surface area (Å²) >= 11 is 0. The van der Waals surface area contributed by atoms with E-state index in [1.165, 1.54) is 38.6 Å². The first kappa shape index (κ1) is 21.7. The fourth-order valence-corrected chi connectivity index (χ4v) is 3.30. The third-order valence-electron chi connectivity index (χ3n) is 4.38. The Hall–Kier alpha value is -1.63. The minimum absolute atomic E-state index is 0. The van der Waals surface area contributed by atoms with Crippen molar-refractivity contribution in [3.05, 3.63) is 102 Å². The number of hydrogen-bond acceptors (Lipinski definition) is 0. The molecule has 0 unspecified atom stereocenters. The van der Waals surface area contributed by atoms with Crippen molar-refractivity contribution in [2.45, 2.75) is 26.4 Å². The summed E-state index contributed by atoms with van der Waals surface area (Å²) in [4.78, 5) is 0. The average Bonchev–Trinajstić information content (AvgIpc) is 3.22. The van der Waals surface area contributed by atoms with Gasteiger partial charge in [0.1, 0.15) is 0 Å². The third-order valence-corrected chi connectivity index (χ3v) is 4.38. The summed E-state index contributed by atoms with van der Waals surface area (Å²) in [6.45, 7) is 6.43. The molecular weight excluding hydrogens is 420 g/mol. The maximum Gasteiger partial charge on any atom is 2.00 e.